The Morgan fingerprint density at radius 2 is 1.56 bits per heavy atom. The molecule has 0 aliphatic heterocycles. The van der Waals surface area contributed by atoms with Crippen LogP contribution in [0.3, 0.4) is 0 Å². The van der Waals surface area contributed by atoms with Gasteiger partial charge in [-0.1, -0.05) is 64.5 Å². The predicted octanol–water partition coefficient (Wildman–Crippen LogP) is 5.05. The zero-order valence-electron chi connectivity index (χ0n) is 12.7. The Balaban J connectivity index is 3.56. The fourth-order valence-electron chi connectivity index (χ4n) is 2.27. The summed E-state index contributed by atoms with van der Waals surface area (Å²) in [7, 11) is 0. The van der Waals surface area contributed by atoms with Gasteiger partial charge in [0.15, 0.2) is 0 Å². The van der Waals surface area contributed by atoms with Crippen LogP contribution in [-0.2, 0) is 0 Å². The Bertz CT molecular complexity index is 188. The lowest BCUT2D eigenvalue weighted by Crippen LogP contribution is -2.26. The molecule has 0 radical (unpaired) electrons. The van der Waals surface area contributed by atoms with Crippen molar-refractivity contribution in [1.82, 2.24) is 4.90 Å². The van der Waals surface area contributed by atoms with Gasteiger partial charge < -0.3 is 0 Å². The number of hydrogen-bond acceptors (Lipinski definition) is 1. The van der Waals surface area contributed by atoms with Crippen molar-refractivity contribution in [2.24, 2.45) is 5.92 Å². The first kappa shape index (κ1) is 17.4. The Hall–Kier alpha value is -0.560. The average Bonchev–Trinajstić information content (AvgIpc) is 2.36. The quantitative estimate of drug-likeness (QED) is 0.327. The largest absolute Gasteiger partial charge is 0.296 e. The van der Waals surface area contributed by atoms with E-state index in [1.807, 2.05) is 12.2 Å². The molecule has 0 heterocycles. The van der Waals surface area contributed by atoms with E-state index in [-0.39, 0.29) is 0 Å². The smallest absolute Gasteiger partial charge is 0.0163 e. The van der Waals surface area contributed by atoms with Gasteiger partial charge in [-0.25, -0.2) is 0 Å². The Labute approximate surface area is 115 Å². The van der Waals surface area contributed by atoms with Crippen LogP contribution in [0.15, 0.2) is 25.3 Å². The highest BCUT2D eigenvalue weighted by atomic mass is 15.1. The Kier molecular flexibility index (Phi) is 12.5. The third-order valence-corrected chi connectivity index (χ3v) is 3.51. The van der Waals surface area contributed by atoms with E-state index in [0.29, 0.717) is 0 Å². The first-order chi connectivity index (χ1) is 8.74. The fraction of sp³-hybridized carbons (Fsp3) is 0.765. The maximum atomic E-state index is 3.81. The molecule has 0 N–H and O–H groups in total. The van der Waals surface area contributed by atoms with Gasteiger partial charge in [0.05, 0.1) is 0 Å². The number of nitrogens with zero attached hydrogens (tertiary/aromatic N) is 1. The first-order valence-electron chi connectivity index (χ1n) is 7.68. The highest BCUT2D eigenvalue weighted by Crippen LogP contribution is 2.14. The Morgan fingerprint density at radius 3 is 2.11 bits per heavy atom. The monoisotopic (exact) mass is 251 g/mol. The Morgan fingerprint density at radius 1 is 0.944 bits per heavy atom. The zero-order chi connectivity index (χ0) is 13.6. The van der Waals surface area contributed by atoms with E-state index in [9.17, 15) is 0 Å². The average molecular weight is 251 g/mol. The van der Waals surface area contributed by atoms with Gasteiger partial charge in [0.1, 0.15) is 0 Å². The standard InChI is InChI=1S/C17H33N/c1-5-8-9-10-11-12-17(4)13-16-18(14-6-2)15-7-3/h6-7,17H,2-3,5,8-16H2,1,4H3. The molecule has 0 aromatic heterocycles. The van der Waals surface area contributed by atoms with Crippen molar-refractivity contribution in [3.8, 4) is 0 Å². The van der Waals surface area contributed by atoms with Gasteiger partial charge in [0, 0.05) is 13.1 Å². The highest BCUT2D eigenvalue weighted by Gasteiger charge is 2.05. The molecule has 0 saturated heterocycles. The molecule has 0 aliphatic carbocycles. The SMILES string of the molecule is C=CCN(CC=C)CCC(C)CCCCCCC. The topological polar surface area (TPSA) is 3.24 Å². The van der Waals surface area contributed by atoms with Crippen LogP contribution in [0.5, 0.6) is 0 Å². The van der Waals surface area contributed by atoms with Crippen molar-refractivity contribution in [2.75, 3.05) is 19.6 Å². The lowest BCUT2D eigenvalue weighted by molar-refractivity contribution is 0.298. The molecule has 0 rings (SSSR count). The molecule has 18 heavy (non-hydrogen) atoms. The molecular formula is C17H33N. The summed E-state index contributed by atoms with van der Waals surface area (Å²) in [6, 6.07) is 0. The van der Waals surface area contributed by atoms with Gasteiger partial charge in [-0.3, -0.25) is 4.90 Å². The first-order valence-corrected chi connectivity index (χ1v) is 7.68. The molecule has 0 fully saturated rings. The summed E-state index contributed by atoms with van der Waals surface area (Å²) in [5.41, 5.74) is 0. The van der Waals surface area contributed by atoms with Crippen molar-refractivity contribution in [3.05, 3.63) is 25.3 Å². The molecular weight excluding hydrogens is 218 g/mol. The van der Waals surface area contributed by atoms with Crippen LogP contribution in [0.1, 0.15) is 58.8 Å². The summed E-state index contributed by atoms with van der Waals surface area (Å²) >= 11 is 0. The minimum Gasteiger partial charge on any atom is -0.296 e. The molecule has 0 bridgehead atoms. The lowest BCUT2D eigenvalue weighted by Gasteiger charge is -2.21. The van der Waals surface area contributed by atoms with Gasteiger partial charge in [0.2, 0.25) is 0 Å². The van der Waals surface area contributed by atoms with E-state index in [2.05, 4.69) is 31.9 Å². The number of unbranched alkanes of at least 4 members (excludes halogenated alkanes) is 4. The second-order valence-corrected chi connectivity index (χ2v) is 5.43. The molecule has 0 saturated carbocycles. The minimum atomic E-state index is 0.851. The molecule has 0 spiro atoms. The molecule has 106 valence electrons. The van der Waals surface area contributed by atoms with Gasteiger partial charge >= 0.3 is 0 Å². The lowest BCUT2D eigenvalue weighted by atomic mass is 9.99. The fourth-order valence-corrected chi connectivity index (χ4v) is 2.27. The third-order valence-electron chi connectivity index (χ3n) is 3.51. The van der Waals surface area contributed by atoms with E-state index in [1.165, 1.54) is 51.5 Å². The van der Waals surface area contributed by atoms with E-state index >= 15 is 0 Å². The van der Waals surface area contributed by atoms with Crippen LogP contribution in [0.2, 0.25) is 0 Å². The molecule has 0 aromatic rings. The molecule has 1 unspecified atom stereocenters. The molecule has 1 heteroatoms. The second kappa shape index (κ2) is 12.9. The second-order valence-electron chi connectivity index (χ2n) is 5.43. The normalized spacial score (nSPS) is 12.6. The van der Waals surface area contributed by atoms with E-state index in [1.54, 1.807) is 0 Å². The molecule has 0 aromatic carbocycles. The van der Waals surface area contributed by atoms with Crippen molar-refractivity contribution in [2.45, 2.75) is 58.8 Å². The van der Waals surface area contributed by atoms with Gasteiger partial charge in [-0.2, -0.15) is 0 Å². The van der Waals surface area contributed by atoms with Crippen LogP contribution >= 0.6 is 0 Å². The summed E-state index contributed by atoms with van der Waals surface area (Å²) < 4.78 is 0. The van der Waals surface area contributed by atoms with E-state index < -0.39 is 0 Å². The number of rotatable bonds is 13. The summed E-state index contributed by atoms with van der Waals surface area (Å²) in [5.74, 6) is 0.851. The highest BCUT2D eigenvalue weighted by molar-refractivity contribution is 4.79. The maximum Gasteiger partial charge on any atom is 0.0163 e. The van der Waals surface area contributed by atoms with Gasteiger partial charge in [-0.05, 0) is 18.9 Å². The van der Waals surface area contributed by atoms with Crippen LogP contribution in [-0.4, -0.2) is 24.5 Å². The predicted molar refractivity (Wildman–Crippen MR) is 84.0 cm³/mol. The molecule has 0 aliphatic rings. The van der Waals surface area contributed by atoms with Crippen LogP contribution in [0, 0.1) is 5.92 Å². The van der Waals surface area contributed by atoms with Crippen LogP contribution in [0.25, 0.3) is 0 Å². The van der Waals surface area contributed by atoms with Gasteiger partial charge in [-0.15, -0.1) is 13.2 Å². The number of hydrogen-bond donors (Lipinski definition) is 0. The van der Waals surface area contributed by atoms with E-state index in [0.717, 1.165) is 19.0 Å². The van der Waals surface area contributed by atoms with Crippen LogP contribution < -0.4 is 0 Å². The summed E-state index contributed by atoms with van der Waals surface area (Å²) in [6.07, 6.45) is 13.6. The minimum absolute atomic E-state index is 0.851. The summed E-state index contributed by atoms with van der Waals surface area (Å²) in [4.78, 5) is 2.41. The van der Waals surface area contributed by atoms with Crippen molar-refractivity contribution in [1.29, 1.82) is 0 Å². The third kappa shape index (κ3) is 10.6. The summed E-state index contributed by atoms with van der Waals surface area (Å²) in [5, 5.41) is 0. The van der Waals surface area contributed by atoms with Crippen LogP contribution in [0.4, 0.5) is 0 Å². The summed E-state index contributed by atoms with van der Waals surface area (Å²) in [6.45, 7) is 15.4. The van der Waals surface area contributed by atoms with Gasteiger partial charge in [0.25, 0.3) is 0 Å². The van der Waals surface area contributed by atoms with Crippen molar-refractivity contribution >= 4 is 0 Å². The van der Waals surface area contributed by atoms with E-state index in [4.69, 9.17) is 0 Å². The van der Waals surface area contributed by atoms with Crippen molar-refractivity contribution in [3.63, 3.8) is 0 Å². The molecule has 0 amide bonds. The zero-order valence-corrected chi connectivity index (χ0v) is 12.7. The molecule has 1 atom stereocenters. The van der Waals surface area contributed by atoms with Crippen molar-refractivity contribution < 1.29 is 0 Å². The maximum absolute atomic E-state index is 3.81. The molecule has 1 nitrogen and oxygen atoms in total.